The Kier molecular flexibility index (Phi) is 6.52. The van der Waals surface area contributed by atoms with Gasteiger partial charge in [0.1, 0.15) is 0 Å². The van der Waals surface area contributed by atoms with Crippen molar-refractivity contribution in [1.82, 2.24) is 15.0 Å². The van der Waals surface area contributed by atoms with E-state index >= 15 is 0 Å². The van der Waals surface area contributed by atoms with Crippen LogP contribution in [0.2, 0.25) is 0 Å². The van der Waals surface area contributed by atoms with E-state index in [-0.39, 0.29) is 0 Å². The predicted octanol–water partition coefficient (Wildman–Crippen LogP) is 9.23. The number of hydrogen-bond acceptors (Lipinski definition) is 4. The summed E-state index contributed by atoms with van der Waals surface area (Å²) in [7, 11) is 0. The lowest BCUT2D eigenvalue weighted by Gasteiger charge is -2.14. The zero-order valence-electron chi connectivity index (χ0n) is 22.6. The van der Waals surface area contributed by atoms with Gasteiger partial charge in [0.05, 0.1) is 11.6 Å². The van der Waals surface area contributed by atoms with Crippen LogP contribution in [0, 0.1) is 11.3 Å². The van der Waals surface area contributed by atoms with Gasteiger partial charge < -0.3 is 0 Å². The minimum Gasteiger partial charge on any atom is -0.208 e. The number of rotatable bonds is 5. The van der Waals surface area contributed by atoms with Gasteiger partial charge >= 0.3 is 0 Å². The van der Waals surface area contributed by atoms with E-state index in [2.05, 4.69) is 66.7 Å². The van der Waals surface area contributed by atoms with Gasteiger partial charge in [-0.3, -0.25) is 0 Å². The molecule has 42 heavy (non-hydrogen) atoms. The number of aromatic nitrogens is 3. The summed E-state index contributed by atoms with van der Waals surface area (Å²) in [6.45, 7) is 0. The van der Waals surface area contributed by atoms with Crippen molar-refractivity contribution in [3.8, 4) is 62.5 Å². The van der Waals surface area contributed by atoms with Crippen LogP contribution in [0.1, 0.15) is 5.56 Å². The van der Waals surface area contributed by atoms with Crippen molar-refractivity contribution < 1.29 is 0 Å². The Hall–Kier alpha value is -5.92. The van der Waals surface area contributed by atoms with Crippen LogP contribution in [0.4, 0.5) is 0 Å². The zero-order valence-corrected chi connectivity index (χ0v) is 22.6. The quantitative estimate of drug-likeness (QED) is 0.220. The summed E-state index contributed by atoms with van der Waals surface area (Å²) in [6, 6.07) is 51.2. The highest BCUT2D eigenvalue weighted by molar-refractivity contribution is 6.04. The summed E-state index contributed by atoms with van der Waals surface area (Å²) in [5.41, 5.74) is 7.91. The monoisotopic (exact) mass is 536 g/mol. The Morgan fingerprint density at radius 3 is 1.50 bits per heavy atom. The van der Waals surface area contributed by atoms with Crippen LogP contribution >= 0.6 is 0 Å². The number of nitrogens with zero attached hydrogens (tertiary/aromatic N) is 4. The van der Waals surface area contributed by atoms with Crippen LogP contribution in [0.5, 0.6) is 0 Å². The summed E-state index contributed by atoms with van der Waals surface area (Å²) in [6.07, 6.45) is 0. The van der Waals surface area contributed by atoms with E-state index in [1.165, 1.54) is 0 Å². The van der Waals surface area contributed by atoms with Gasteiger partial charge in [0.2, 0.25) is 0 Å². The van der Waals surface area contributed by atoms with Crippen LogP contribution in [-0.2, 0) is 0 Å². The van der Waals surface area contributed by atoms with E-state index < -0.39 is 0 Å². The van der Waals surface area contributed by atoms with E-state index in [4.69, 9.17) is 15.0 Å². The fraction of sp³-hybridized carbons (Fsp3) is 0. The molecule has 196 valence electrons. The second-order valence-corrected chi connectivity index (χ2v) is 10.0. The third-order valence-electron chi connectivity index (χ3n) is 7.39. The first-order chi connectivity index (χ1) is 20.8. The largest absolute Gasteiger partial charge is 0.208 e. The molecule has 0 aliphatic rings. The van der Waals surface area contributed by atoms with E-state index in [1.54, 1.807) is 0 Å². The normalized spacial score (nSPS) is 10.8. The minimum absolute atomic E-state index is 0.636. The zero-order chi connectivity index (χ0) is 28.3. The van der Waals surface area contributed by atoms with Crippen molar-refractivity contribution in [1.29, 1.82) is 5.26 Å². The Labute approximate surface area is 244 Å². The molecule has 7 aromatic rings. The fourth-order valence-electron chi connectivity index (χ4n) is 5.28. The topological polar surface area (TPSA) is 62.5 Å². The molecule has 1 heterocycles. The van der Waals surface area contributed by atoms with Gasteiger partial charge in [0.15, 0.2) is 17.5 Å². The Balaban J connectivity index is 1.38. The van der Waals surface area contributed by atoms with Crippen LogP contribution in [0.25, 0.3) is 67.2 Å². The van der Waals surface area contributed by atoms with Crippen LogP contribution in [0.15, 0.2) is 146 Å². The lowest BCUT2D eigenvalue weighted by atomic mass is 9.92. The van der Waals surface area contributed by atoms with Crippen LogP contribution in [-0.4, -0.2) is 15.0 Å². The SMILES string of the molecule is N#Cc1ccc(-c2cccc(-c3ccc(-c4nc(-c5ccccc5)nc(-c5ccccc5)n4)c4ccccc34)c2)cc1. The van der Waals surface area contributed by atoms with Gasteiger partial charge in [-0.05, 0) is 57.3 Å². The van der Waals surface area contributed by atoms with Crippen molar-refractivity contribution in [3.63, 3.8) is 0 Å². The van der Waals surface area contributed by atoms with Gasteiger partial charge in [-0.15, -0.1) is 0 Å². The summed E-state index contributed by atoms with van der Waals surface area (Å²) in [5, 5.41) is 11.4. The van der Waals surface area contributed by atoms with Crippen molar-refractivity contribution in [2.45, 2.75) is 0 Å². The van der Waals surface area contributed by atoms with Crippen molar-refractivity contribution in [2.75, 3.05) is 0 Å². The van der Waals surface area contributed by atoms with Crippen LogP contribution in [0.3, 0.4) is 0 Å². The molecule has 0 bridgehead atoms. The second-order valence-electron chi connectivity index (χ2n) is 10.0. The molecule has 0 saturated heterocycles. The third kappa shape index (κ3) is 4.81. The van der Waals surface area contributed by atoms with Crippen LogP contribution < -0.4 is 0 Å². The number of nitriles is 1. The first-order valence-electron chi connectivity index (χ1n) is 13.8. The highest BCUT2D eigenvalue weighted by Crippen LogP contribution is 2.37. The number of fused-ring (bicyclic) bond motifs is 1. The molecule has 0 amide bonds. The molecular formula is C38H24N4. The molecule has 0 saturated carbocycles. The van der Waals surface area contributed by atoms with Crippen molar-refractivity contribution in [2.24, 2.45) is 0 Å². The molecule has 0 fully saturated rings. The van der Waals surface area contributed by atoms with E-state index in [1.807, 2.05) is 84.9 Å². The number of hydrogen-bond donors (Lipinski definition) is 0. The predicted molar refractivity (Wildman–Crippen MR) is 169 cm³/mol. The standard InChI is InChI=1S/C38H24N4/c39-25-26-18-20-27(21-19-26)30-14-9-15-31(24-30)32-22-23-35(34-17-8-7-16-33(32)34)38-41-36(28-10-3-1-4-11-28)40-37(42-38)29-12-5-2-6-13-29/h1-24H. The Morgan fingerprint density at radius 2 is 0.881 bits per heavy atom. The lowest BCUT2D eigenvalue weighted by molar-refractivity contribution is 1.08. The van der Waals surface area contributed by atoms with Gasteiger partial charge in [-0.25, -0.2) is 15.0 Å². The molecule has 1 aromatic heterocycles. The van der Waals surface area contributed by atoms with Gasteiger partial charge in [0, 0.05) is 16.7 Å². The molecular weight excluding hydrogens is 512 g/mol. The molecule has 0 unspecified atom stereocenters. The van der Waals surface area contributed by atoms with Crippen molar-refractivity contribution in [3.05, 3.63) is 151 Å². The average Bonchev–Trinajstić information content (AvgIpc) is 3.08. The Bertz CT molecular complexity index is 2020. The lowest BCUT2D eigenvalue weighted by Crippen LogP contribution is -2.00. The van der Waals surface area contributed by atoms with Gasteiger partial charge in [0.25, 0.3) is 0 Å². The van der Waals surface area contributed by atoms with Gasteiger partial charge in [-0.2, -0.15) is 5.26 Å². The van der Waals surface area contributed by atoms with Gasteiger partial charge in [-0.1, -0.05) is 121 Å². The molecule has 0 atom stereocenters. The maximum absolute atomic E-state index is 9.18. The summed E-state index contributed by atoms with van der Waals surface area (Å²) in [4.78, 5) is 14.8. The summed E-state index contributed by atoms with van der Waals surface area (Å²) >= 11 is 0. The second kappa shape index (κ2) is 10.9. The maximum atomic E-state index is 9.18. The van der Waals surface area contributed by atoms with E-state index in [9.17, 15) is 5.26 Å². The molecule has 0 aliphatic heterocycles. The third-order valence-corrected chi connectivity index (χ3v) is 7.39. The highest BCUT2D eigenvalue weighted by atomic mass is 15.0. The maximum Gasteiger partial charge on any atom is 0.164 e. The first kappa shape index (κ1) is 25.1. The smallest absolute Gasteiger partial charge is 0.164 e. The Morgan fingerprint density at radius 1 is 0.381 bits per heavy atom. The molecule has 0 spiro atoms. The minimum atomic E-state index is 0.636. The van der Waals surface area contributed by atoms with Crippen molar-refractivity contribution >= 4 is 10.8 Å². The summed E-state index contributed by atoms with van der Waals surface area (Å²) in [5.74, 6) is 1.92. The summed E-state index contributed by atoms with van der Waals surface area (Å²) < 4.78 is 0. The molecule has 0 aliphatic carbocycles. The van der Waals surface area contributed by atoms with E-state index in [0.29, 0.717) is 23.0 Å². The average molecular weight is 537 g/mol. The molecule has 4 heteroatoms. The highest BCUT2D eigenvalue weighted by Gasteiger charge is 2.16. The molecule has 0 N–H and O–H groups in total. The first-order valence-corrected chi connectivity index (χ1v) is 13.8. The number of benzene rings is 6. The molecule has 6 aromatic carbocycles. The molecule has 4 nitrogen and oxygen atoms in total. The molecule has 0 radical (unpaired) electrons. The molecule has 7 rings (SSSR count). The van der Waals surface area contributed by atoms with E-state index in [0.717, 1.165) is 49.7 Å². The fourth-order valence-corrected chi connectivity index (χ4v) is 5.28.